The molecule has 4 rings (SSSR count). The van der Waals surface area contributed by atoms with Gasteiger partial charge in [0.25, 0.3) is 11.8 Å². The molecule has 1 fully saturated rings. The highest BCUT2D eigenvalue weighted by Gasteiger charge is 2.32. The van der Waals surface area contributed by atoms with Crippen LogP contribution in [0.5, 0.6) is 0 Å². The number of carbonyl (C=O) groups excluding carboxylic acids is 1. The van der Waals surface area contributed by atoms with E-state index in [-0.39, 0.29) is 11.9 Å². The summed E-state index contributed by atoms with van der Waals surface area (Å²) in [6.45, 7) is 4.50. The number of rotatable bonds is 3. The predicted molar refractivity (Wildman–Crippen MR) is 100 cm³/mol. The van der Waals surface area contributed by atoms with Gasteiger partial charge < -0.3 is 9.42 Å². The molecule has 27 heavy (non-hydrogen) atoms. The smallest absolute Gasteiger partial charge is 0.266 e. The Morgan fingerprint density at radius 1 is 1.26 bits per heavy atom. The monoisotopic (exact) mass is 386 g/mol. The fraction of sp³-hybridized carbons (Fsp3) is 0.500. The summed E-state index contributed by atoms with van der Waals surface area (Å²) in [5.74, 6) is 1.00. The Hall–Kier alpha value is -2.55. The molecule has 8 nitrogen and oxygen atoms in total. The van der Waals surface area contributed by atoms with Crippen LogP contribution in [0.15, 0.2) is 16.9 Å². The molecule has 0 bridgehead atoms. The Morgan fingerprint density at radius 2 is 2.11 bits per heavy atom. The lowest BCUT2D eigenvalue weighted by Crippen LogP contribution is -2.35. The second kappa shape index (κ2) is 7.22. The SMILES string of the molecule is Cc1nc(C)c(C(=O)N2CCCCC[C@@H]2c2noc(-c3cnn(C)c3)n2)s1. The zero-order valence-electron chi connectivity index (χ0n) is 15.7. The first kappa shape index (κ1) is 17.8. The van der Waals surface area contributed by atoms with E-state index in [0.29, 0.717) is 23.1 Å². The molecular formula is C18H22N6O2S. The molecule has 142 valence electrons. The minimum absolute atomic E-state index is 0.0118. The van der Waals surface area contributed by atoms with Gasteiger partial charge in [0.15, 0.2) is 5.82 Å². The Labute approximate surface area is 161 Å². The van der Waals surface area contributed by atoms with Gasteiger partial charge in [0.1, 0.15) is 4.88 Å². The minimum Gasteiger partial charge on any atom is -0.334 e. The van der Waals surface area contributed by atoms with Gasteiger partial charge in [0, 0.05) is 19.8 Å². The summed E-state index contributed by atoms with van der Waals surface area (Å²) in [5, 5.41) is 9.24. The van der Waals surface area contributed by atoms with Crippen molar-refractivity contribution in [1.29, 1.82) is 0 Å². The Bertz CT molecular complexity index is 959. The second-order valence-electron chi connectivity index (χ2n) is 6.87. The van der Waals surface area contributed by atoms with Crippen molar-refractivity contribution in [2.45, 2.75) is 45.6 Å². The van der Waals surface area contributed by atoms with E-state index >= 15 is 0 Å². The van der Waals surface area contributed by atoms with Crippen LogP contribution in [0, 0.1) is 13.8 Å². The number of amides is 1. The number of aryl methyl sites for hydroxylation is 3. The van der Waals surface area contributed by atoms with Gasteiger partial charge in [-0.1, -0.05) is 18.0 Å². The van der Waals surface area contributed by atoms with Crippen LogP contribution in [0.1, 0.15) is 57.9 Å². The molecule has 1 saturated heterocycles. The van der Waals surface area contributed by atoms with E-state index in [1.54, 1.807) is 10.9 Å². The maximum Gasteiger partial charge on any atom is 0.266 e. The van der Waals surface area contributed by atoms with Crippen LogP contribution in [-0.4, -0.2) is 42.3 Å². The number of hydrogen-bond donors (Lipinski definition) is 0. The lowest BCUT2D eigenvalue weighted by atomic mass is 10.1. The van der Waals surface area contributed by atoms with Crippen molar-refractivity contribution in [3.8, 4) is 11.5 Å². The summed E-state index contributed by atoms with van der Waals surface area (Å²) >= 11 is 1.45. The number of thiazole rings is 1. The van der Waals surface area contributed by atoms with E-state index in [1.807, 2.05) is 32.0 Å². The third kappa shape index (κ3) is 3.51. The third-order valence-corrected chi connectivity index (χ3v) is 5.86. The van der Waals surface area contributed by atoms with Gasteiger partial charge in [-0.15, -0.1) is 11.3 Å². The predicted octanol–water partition coefficient (Wildman–Crippen LogP) is 3.30. The summed E-state index contributed by atoms with van der Waals surface area (Å²) in [5.41, 5.74) is 1.56. The van der Waals surface area contributed by atoms with Crippen molar-refractivity contribution in [1.82, 2.24) is 29.8 Å². The normalized spacial score (nSPS) is 17.9. The molecule has 3 aromatic rings. The average Bonchev–Trinajstić information content (AvgIpc) is 3.31. The van der Waals surface area contributed by atoms with E-state index in [0.717, 1.165) is 41.9 Å². The first-order chi connectivity index (χ1) is 13.0. The van der Waals surface area contributed by atoms with Gasteiger partial charge in [-0.25, -0.2) is 4.98 Å². The van der Waals surface area contributed by atoms with Crippen molar-refractivity contribution in [2.75, 3.05) is 6.54 Å². The molecule has 0 saturated carbocycles. The molecule has 3 aromatic heterocycles. The molecule has 0 spiro atoms. The zero-order chi connectivity index (χ0) is 19.0. The lowest BCUT2D eigenvalue weighted by Gasteiger charge is -2.27. The van der Waals surface area contributed by atoms with E-state index in [9.17, 15) is 4.79 Å². The van der Waals surface area contributed by atoms with Gasteiger partial charge in [-0.05, 0) is 26.7 Å². The van der Waals surface area contributed by atoms with Crippen LogP contribution in [-0.2, 0) is 7.05 Å². The summed E-state index contributed by atoms with van der Waals surface area (Å²) in [6.07, 6.45) is 7.45. The Balaban J connectivity index is 1.65. The number of likely N-dealkylation sites (tertiary alicyclic amines) is 1. The first-order valence-electron chi connectivity index (χ1n) is 9.10. The van der Waals surface area contributed by atoms with Crippen molar-refractivity contribution in [3.05, 3.63) is 33.8 Å². The second-order valence-corrected chi connectivity index (χ2v) is 8.07. The Morgan fingerprint density at radius 3 is 2.81 bits per heavy atom. The molecule has 0 unspecified atom stereocenters. The number of nitrogens with zero attached hydrogens (tertiary/aromatic N) is 6. The van der Waals surface area contributed by atoms with Crippen molar-refractivity contribution >= 4 is 17.2 Å². The summed E-state index contributed by atoms with van der Waals surface area (Å²) < 4.78 is 7.15. The highest BCUT2D eigenvalue weighted by atomic mass is 32.1. The van der Waals surface area contributed by atoms with E-state index in [1.165, 1.54) is 11.3 Å². The van der Waals surface area contributed by atoms with E-state index in [2.05, 4.69) is 20.2 Å². The third-order valence-electron chi connectivity index (χ3n) is 4.80. The van der Waals surface area contributed by atoms with Gasteiger partial charge in [-0.2, -0.15) is 10.1 Å². The topological polar surface area (TPSA) is 89.9 Å². The number of hydrogen-bond acceptors (Lipinski definition) is 7. The standard InChI is InChI=1S/C18H22N6O2S/c1-11-15(27-12(2)20-11)18(25)24-8-6-4-5-7-14(24)16-21-17(26-22-16)13-9-19-23(3)10-13/h9-10,14H,4-8H2,1-3H3/t14-/m1/s1. The largest absolute Gasteiger partial charge is 0.334 e. The summed E-state index contributed by atoms with van der Waals surface area (Å²) in [6, 6.07) is -0.184. The molecule has 0 radical (unpaired) electrons. The lowest BCUT2D eigenvalue weighted by molar-refractivity contribution is 0.0674. The van der Waals surface area contributed by atoms with E-state index in [4.69, 9.17) is 4.52 Å². The summed E-state index contributed by atoms with van der Waals surface area (Å²) in [7, 11) is 1.84. The van der Waals surface area contributed by atoms with Gasteiger partial charge in [-0.3, -0.25) is 9.48 Å². The van der Waals surface area contributed by atoms with Crippen LogP contribution in [0.25, 0.3) is 11.5 Å². The highest BCUT2D eigenvalue weighted by molar-refractivity contribution is 7.13. The maximum atomic E-state index is 13.2. The van der Waals surface area contributed by atoms with Crippen LogP contribution in [0.3, 0.4) is 0 Å². The molecule has 4 heterocycles. The molecule has 0 N–H and O–H groups in total. The minimum atomic E-state index is -0.184. The van der Waals surface area contributed by atoms with Crippen LogP contribution >= 0.6 is 11.3 Å². The molecule has 1 amide bonds. The quantitative estimate of drug-likeness (QED) is 0.686. The summed E-state index contributed by atoms with van der Waals surface area (Å²) in [4.78, 5) is 24.8. The average molecular weight is 386 g/mol. The molecule has 0 aromatic carbocycles. The zero-order valence-corrected chi connectivity index (χ0v) is 16.5. The van der Waals surface area contributed by atoms with Gasteiger partial charge in [0.05, 0.1) is 28.5 Å². The number of carbonyl (C=O) groups is 1. The molecule has 1 aliphatic rings. The molecule has 9 heteroatoms. The van der Waals surface area contributed by atoms with E-state index < -0.39 is 0 Å². The van der Waals surface area contributed by atoms with Crippen molar-refractivity contribution in [3.63, 3.8) is 0 Å². The molecule has 1 atom stereocenters. The fourth-order valence-electron chi connectivity index (χ4n) is 3.50. The molecule has 1 aliphatic heterocycles. The van der Waals surface area contributed by atoms with Crippen molar-refractivity contribution < 1.29 is 9.32 Å². The first-order valence-corrected chi connectivity index (χ1v) is 9.92. The molecule has 0 aliphatic carbocycles. The maximum absolute atomic E-state index is 13.2. The Kier molecular flexibility index (Phi) is 4.77. The van der Waals surface area contributed by atoms with Crippen LogP contribution < -0.4 is 0 Å². The highest BCUT2D eigenvalue weighted by Crippen LogP contribution is 2.32. The van der Waals surface area contributed by atoms with Crippen LogP contribution in [0.4, 0.5) is 0 Å². The van der Waals surface area contributed by atoms with Gasteiger partial charge >= 0.3 is 0 Å². The fourth-order valence-corrected chi connectivity index (χ4v) is 4.38. The number of aromatic nitrogens is 5. The van der Waals surface area contributed by atoms with Crippen LogP contribution in [0.2, 0.25) is 0 Å². The van der Waals surface area contributed by atoms with Crippen molar-refractivity contribution in [2.24, 2.45) is 7.05 Å². The van der Waals surface area contributed by atoms with Gasteiger partial charge in [0.2, 0.25) is 0 Å². The molecular weight excluding hydrogens is 364 g/mol.